The Labute approximate surface area is 126 Å². The Bertz CT molecular complexity index is 413. The van der Waals surface area contributed by atoms with Gasteiger partial charge in [0.1, 0.15) is 5.75 Å². The van der Waals surface area contributed by atoms with Crippen LogP contribution in [0.25, 0.3) is 0 Å². The third-order valence-corrected chi connectivity index (χ3v) is 3.23. The molecular weight excluding hydrogens is 272 g/mol. The minimum atomic E-state index is -0.120. The predicted molar refractivity (Wildman–Crippen MR) is 80.2 cm³/mol. The van der Waals surface area contributed by atoms with Gasteiger partial charge < -0.3 is 25.0 Å². The Morgan fingerprint density at radius 3 is 2.76 bits per heavy atom. The fourth-order valence-corrected chi connectivity index (χ4v) is 1.93. The molecule has 0 unspecified atom stereocenters. The van der Waals surface area contributed by atoms with Gasteiger partial charge in [0.25, 0.3) is 0 Å². The van der Waals surface area contributed by atoms with Gasteiger partial charge >= 0.3 is 0 Å². The van der Waals surface area contributed by atoms with Gasteiger partial charge in [-0.25, -0.2) is 0 Å². The molecular formula is C15H26N2O4. The average molecular weight is 298 g/mol. The van der Waals surface area contributed by atoms with E-state index in [0.29, 0.717) is 31.0 Å². The second-order valence-electron chi connectivity index (χ2n) is 4.84. The molecule has 6 nitrogen and oxygen atoms in total. The Morgan fingerprint density at radius 1 is 1.24 bits per heavy atom. The first-order valence-corrected chi connectivity index (χ1v) is 7.25. The quantitative estimate of drug-likeness (QED) is 0.531. The van der Waals surface area contributed by atoms with E-state index >= 15 is 0 Å². The zero-order chi connectivity index (χ0) is 15.5. The van der Waals surface area contributed by atoms with Crippen LogP contribution in [0.2, 0.25) is 0 Å². The Kier molecular flexibility index (Phi) is 8.93. The first-order chi connectivity index (χ1) is 10.2. The zero-order valence-corrected chi connectivity index (χ0v) is 12.9. The van der Waals surface area contributed by atoms with Gasteiger partial charge in [-0.1, -0.05) is 0 Å². The molecule has 0 radical (unpaired) electrons. The lowest BCUT2D eigenvalue weighted by Gasteiger charge is -2.12. The number of ether oxygens (including phenoxy) is 2. The van der Waals surface area contributed by atoms with Crippen LogP contribution >= 0.6 is 0 Å². The minimum Gasteiger partial charge on any atom is -0.506 e. The first-order valence-electron chi connectivity index (χ1n) is 7.25. The number of nitrogens with zero attached hydrogens (tertiary/aromatic N) is 1. The normalized spacial score (nSPS) is 11.0. The molecule has 21 heavy (non-hydrogen) atoms. The van der Waals surface area contributed by atoms with E-state index < -0.39 is 0 Å². The van der Waals surface area contributed by atoms with Crippen molar-refractivity contribution in [2.24, 2.45) is 0 Å². The lowest BCUT2D eigenvalue weighted by Crippen LogP contribution is -2.17. The summed E-state index contributed by atoms with van der Waals surface area (Å²) in [6, 6.07) is 0. The molecule has 0 spiro atoms. The van der Waals surface area contributed by atoms with Gasteiger partial charge in [0.05, 0.1) is 25.5 Å². The molecule has 0 aliphatic rings. The second kappa shape index (κ2) is 10.5. The van der Waals surface area contributed by atoms with Crippen molar-refractivity contribution in [2.75, 3.05) is 33.5 Å². The predicted octanol–water partition coefficient (Wildman–Crippen LogP) is 1.12. The van der Waals surface area contributed by atoms with E-state index in [1.54, 1.807) is 20.2 Å². The third-order valence-electron chi connectivity index (χ3n) is 3.23. The summed E-state index contributed by atoms with van der Waals surface area (Å²) >= 11 is 0. The van der Waals surface area contributed by atoms with Gasteiger partial charge in [-0.15, -0.1) is 0 Å². The van der Waals surface area contributed by atoms with Crippen molar-refractivity contribution < 1.29 is 19.7 Å². The van der Waals surface area contributed by atoms with Crippen LogP contribution in [0, 0.1) is 6.92 Å². The molecule has 0 atom stereocenters. The van der Waals surface area contributed by atoms with Crippen molar-refractivity contribution in [3.63, 3.8) is 0 Å². The molecule has 3 N–H and O–H groups in total. The molecule has 0 fully saturated rings. The topological polar surface area (TPSA) is 83.8 Å². The van der Waals surface area contributed by atoms with Crippen molar-refractivity contribution in [3.05, 3.63) is 23.0 Å². The van der Waals surface area contributed by atoms with Gasteiger partial charge in [-0.05, 0) is 26.3 Å². The van der Waals surface area contributed by atoms with Crippen LogP contribution in [0.5, 0.6) is 5.75 Å². The fourth-order valence-electron chi connectivity index (χ4n) is 1.93. The number of hydrogen-bond acceptors (Lipinski definition) is 6. The van der Waals surface area contributed by atoms with Crippen molar-refractivity contribution in [1.29, 1.82) is 0 Å². The lowest BCUT2D eigenvalue weighted by atomic mass is 10.1. The van der Waals surface area contributed by atoms with Crippen LogP contribution in [-0.4, -0.2) is 48.7 Å². The third kappa shape index (κ3) is 6.39. The van der Waals surface area contributed by atoms with E-state index in [2.05, 4.69) is 10.3 Å². The summed E-state index contributed by atoms with van der Waals surface area (Å²) in [5.41, 5.74) is 1.96. The average Bonchev–Trinajstić information content (AvgIpc) is 2.49. The molecule has 0 aliphatic carbocycles. The number of hydrogen-bond donors (Lipinski definition) is 3. The van der Waals surface area contributed by atoms with Crippen LogP contribution in [0.15, 0.2) is 6.20 Å². The molecule has 1 aromatic heterocycles. The van der Waals surface area contributed by atoms with Gasteiger partial charge in [0.2, 0.25) is 0 Å². The van der Waals surface area contributed by atoms with E-state index in [1.165, 1.54) is 0 Å². The summed E-state index contributed by atoms with van der Waals surface area (Å²) in [4.78, 5) is 4.04. The van der Waals surface area contributed by atoms with Gasteiger partial charge in [-0.3, -0.25) is 4.98 Å². The zero-order valence-electron chi connectivity index (χ0n) is 12.9. The van der Waals surface area contributed by atoms with Gasteiger partial charge in [-0.2, -0.15) is 0 Å². The minimum absolute atomic E-state index is 0.120. The van der Waals surface area contributed by atoms with E-state index in [1.807, 2.05) is 0 Å². The van der Waals surface area contributed by atoms with E-state index in [4.69, 9.17) is 9.47 Å². The first kappa shape index (κ1) is 17.8. The highest BCUT2D eigenvalue weighted by Gasteiger charge is 2.10. The molecule has 0 aliphatic heterocycles. The fraction of sp³-hybridized carbons (Fsp3) is 0.667. The number of rotatable bonds is 11. The Morgan fingerprint density at radius 2 is 2.05 bits per heavy atom. The second-order valence-corrected chi connectivity index (χ2v) is 4.84. The monoisotopic (exact) mass is 298 g/mol. The maximum absolute atomic E-state index is 9.99. The number of aliphatic hydroxyl groups excluding tert-OH is 1. The number of aliphatic hydroxyl groups is 1. The van der Waals surface area contributed by atoms with Gasteiger partial charge in [0.15, 0.2) is 0 Å². The molecule has 0 amide bonds. The van der Waals surface area contributed by atoms with E-state index in [0.717, 1.165) is 31.6 Å². The lowest BCUT2D eigenvalue weighted by molar-refractivity contribution is 0.0688. The van der Waals surface area contributed by atoms with Gasteiger partial charge in [0, 0.05) is 37.6 Å². The SMILES string of the molecule is COCCOCCCCNCc1c(CO)cnc(C)c1O. The van der Waals surface area contributed by atoms with Crippen molar-refractivity contribution in [2.45, 2.75) is 32.9 Å². The maximum atomic E-state index is 9.99. The van der Waals surface area contributed by atoms with Crippen LogP contribution in [0.1, 0.15) is 29.7 Å². The van der Waals surface area contributed by atoms with Crippen LogP contribution in [0.3, 0.4) is 0 Å². The highest BCUT2D eigenvalue weighted by Crippen LogP contribution is 2.23. The summed E-state index contributed by atoms with van der Waals surface area (Å²) in [6.07, 6.45) is 3.58. The molecule has 120 valence electrons. The molecule has 1 aromatic rings. The summed E-state index contributed by atoms with van der Waals surface area (Å²) in [5, 5.41) is 22.5. The number of unbranched alkanes of at least 4 members (excludes halogenated alkanes) is 1. The van der Waals surface area contributed by atoms with Crippen LogP contribution in [0.4, 0.5) is 0 Å². The van der Waals surface area contributed by atoms with E-state index in [-0.39, 0.29) is 12.4 Å². The molecule has 0 aromatic carbocycles. The Balaban J connectivity index is 2.22. The number of aryl methyl sites for hydroxylation is 1. The number of aromatic hydroxyl groups is 1. The summed E-state index contributed by atoms with van der Waals surface area (Å²) in [6.45, 7) is 4.97. The highest BCUT2D eigenvalue weighted by molar-refractivity contribution is 5.40. The number of aromatic nitrogens is 1. The molecule has 1 rings (SSSR count). The van der Waals surface area contributed by atoms with Crippen molar-refractivity contribution in [3.8, 4) is 5.75 Å². The highest BCUT2D eigenvalue weighted by atomic mass is 16.5. The number of nitrogens with one attached hydrogen (secondary N) is 1. The molecule has 1 heterocycles. The van der Waals surface area contributed by atoms with Crippen molar-refractivity contribution >= 4 is 0 Å². The summed E-state index contributed by atoms with van der Waals surface area (Å²) < 4.78 is 10.3. The van der Waals surface area contributed by atoms with Crippen molar-refractivity contribution in [1.82, 2.24) is 10.3 Å². The molecule has 0 saturated carbocycles. The standard InChI is InChI=1S/C15H26N2O4/c1-12-15(19)14(13(11-18)9-17-12)10-16-5-3-4-6-21-8-7-20-2/h9,16,18-19H,3-8,10-11H2,1-2H3. The summed E-state index contributed by atoms with van der Waals surface area (Å²) in [5.74, 6) is 0.164. The summed E-state index contributed by atoms with van der Waals surface area (Å²) in [7, 11) is 1.66. The van der Waals surface area contributed by atoms with E-state index in [9.17, 15) is 10.2 Å². The largest absolute Gasteiger partial charge is 0.506 e. The Hall–Kier alpha value is -1.21. The molecule has 6 heteroatoms. The smallest absolute Gasteiger partial charge is 0.141 e. The maximum Gasteiger partial charge on any atom is 0.141 e. The molecule has 0 bridgehead atoms. The number of pyridine rings is 1. The van der Waals surface area contributed by atoms with Crippen LogP contribution in [-0.2, 0) is 22.6 Å². The number of methoxy groups -OCH3 is 1. The van der Waals surface area contributed by atoms with Crippen LogP contribution < -0.4 is 5.32 Å². The molecule has 0 saturated heterocycles.